The highest BCUT2D eigenvalue weighted by Crippen LogP contribution is 2.13. The zero-order chi connectivity index (χ0) is 12.7. The fraction of sp³-hybridized carbons (Fsp3) is 0.727. The molecule has 6 heteroatoms. The Morgan fingerprint density at radius 3 is 2.18 bits per heavy atom. The second-order valence-electron chi connectivity index (χ2n) is 4.05. The van der Waals surface area contributed by atoms with Crippen LogP contribution in [-0.4, -0.2) is 28.2 Å². The van der Waals surface area contributed by atoms with Gasteiger partial charge in [-0.1, -0.05) is 20.8 Å². The van der Waals surface area contributed by atoms with Crippen LogP contribution >= 0.6 is 11.6 Å². The second-order valence-corrected chi connectivity index (χ2v) is 4.39. The number of nitrogens with zero attached hydrogens (tertiary/aromatic N) is 3. The summed E-state index contributed by atoms with van der Waals surface area (Å²) in [5.41, 5.74) is 0. The molecule has 0 atom stereocenters. The van der Waals surface area contributed by atoms with E-state index in [1.807, 2.05) is 6.92 Å². The third-order valence-corrected chi connectivity index (χ3v) is 2.10. The van der Waals surface area contributed by atoms with Gasteiger partial charge in [0.25, 0.3) is 0 Å². The van der Waals surface area contributed by atoms with E-state index in [0.717, 1.165) is 12.8 Å². The molecule has 0 aliphatic heterocycles. The molecule has 17 heavy (non-hydrogen) atoms. The number of hydrogen-bond acceptors (Lipinski definition) is 5. The Morgan fingerprint density at radius 1 is 1.06 bits per heavy atom. The summed E-state index contributed by atoms with van der Waals surface area (Å²) in [6, 6.07) is 0.433. The molecule has 1 heterocycles. The second kappa shape index (κ2) is 7.27. The monoisotopic (exact) mass is 259 g/mol. The van der Waals surface area contributed by atoms with Crippen LogP contribution in [0.15, 0.2) is 0 Å². The lowest BCUT2D eigenvalue weighted by Gasteiger charge is -2.07. The predicted octanol–water partition coefficient (Wildman–Crippen LogP) is 2.74. The standard InChI is InChI=1S/C11H18ClN3O2/c1-4-6-16-10-13-9(12)14-11(15-10)17-7-5-8(2)3/h8H,4-7H2,1-3H3. The third kappa shape index (κ3) is 5.68. The van der Waals surface area contributed by atoms with Gasteiger partial charge < -0.3 is 9.47 Å². The van der Waals surface area contributed by atoms with Crippen molar-refractivity contribution in [3.8, 4) is 12.0 Å². The van der Waals surface area contributed by atoms with Crippen molar-refractivity contribution >= 4 is 11.6 Å². The van der Waals surface area contributed by atoms with Crippen LogP contribution in [0.25, 0.3) is 0 Å². The van der Waals surface area contributed by atoms with E-state index in [1.165, 1.54) is 0 Å². The zero-order valence-electron chi connectivity index (χ0n) is 10.4. The van der Waals surface area contributed by atoms with Gasteiger partial charge in [0.2, 0.25) is 5.28 Å². The maximum atomic E-state index is 5.75. The van der Waals surface area contributed by atoms with E-state index in [9.17, 15) is 0 Å². The van der Waals surface area contributed by atoms with Crippen LogP contribution < -0.4 is 9.47 Å². The van der Waals surface area contributed by atoms with E-state index >= 15 is 0 Å². The SMILES string of the molecule is CCCOc1nc(Cl)nc(OCCC(C)C)n1. The minimum Gasteiger partial charge on any atom is -0.463 e. The Morgan fingerprint density at radius 2 is 1.65 bits per heavy atom. The summed E-state index contributed by atoms with van der Waals surface area (Å²) >= 11 is 5.75. The van der Waals surface area contributed by atoms with Gasteiger partial charge in [0, 0.05) is 0 Å². The van der Waals surface area contributed by atoms with Gasteiger partial charge in [-0.25, -0.2) is 0 Å². The first-order valence-electron chi connectivity index (χ1n) is 5.79. The highest BCUT2D eigenvalue weighted by Gasteiger charge is 2.07. The average Bonchev–Trinajstić information content (AvgIpc) is 2.25. The number of hydrogen-bond donors (Lipinski definition) is 0. The van der Waals surface area contributed by atoms with Gasteiger partial charge in [-0.2, -0.15) is 9.97 Å². The maximum absolute atomic E-state index is 5.75. The lowest BCUT2D eigenvalue weighted by atomic mass is 10.1. The lowest BCUT2D eigenvalue weighted by molar-refractivity contribution is 0.249. The van der Waals surface area contributed by atoms with Crippen molar-refractivity contribution in [1.29, 1.82) is 0 Å². The van der Waals surface area contributed by atoms with Gasteiger partial charge in [0.1, 0.15) is 0 Å². The maximum Gasteiger partial charge on any atom is 0.323 e. The summed E-state index contributed by atoms with van der Waals surface area (Å²) in [6.07, 6.45) is 1.82. The minimum absolute atomic E-state index is 0.0886. The molecular weight excluding hydrogens is 242 g/mol. The van der Waals surface area contributed by atoms with Gasteiger partial charge in [-0.05, 0) is 30.4 Å². The molecule has 1 rings (SSSR count). The van der Waals surface area contributed by atoms with Gasteiger partial charge >= 0.3 is 12.0 Å². The molecule has 96 valence electrons. The molecule has 1 aromatic rings. The van der Waals surface area contributed by atoms with Gasteiger partial charge in [0.15, 0.2) is 0 Å². The number of rotatable bonds is 7. The highest BCUT2D eigenvalue weighted by molar-refractivity contribution is 6.28. The number of aromatic nitrogens is 3. The number of ether oxygens (including phenoxy) is 2. The molecule has 0 fully saturated rings. The molecule has 0 amide bonds. The first kappa shape index (κ1) is 14.0. The van der Waals surface area contributed by atoms with E-state index in [0.29, 0.717) is 19.1 Å². The molecule has 0 N–H and O–H groups in total. The normalized spacial score (nSPS) is 10.6. The first-order valence-corrected chi connectivity index (χ1v) is 6.16. The van der Waals surface area contributed by atoms with Crippen LogP contribution in [0.3, 0.4) is 0 Å². The smallest absolute Gasteiger partial charge is 0.323 e. The summed E-state index contributed by atoms with van der Waals surface area (Å²) in [5.74, 6) is 0.572. The van der Waals surface area contributed by atoms with Crippen LogP contribution in [0, 0.1) is 5.92 Å². The number of halogens is 1. The van der Waals surface area contributed by atoms with Crippen LogP contribution in [0.2, 0.25) is 5.28 Å². The van der Waals surface area contributed by atoms with E-state index in [4.69, 9.17) is 21.1 Å². The van der Waals surface area contributed by atoms with E-state index < -0.39 is 0 Å². The molecule has 0 aliphatic rings. The zero-order valence-corrected chi connectivity index (χ0v) is 11.2. The van der Waals surface area contributed by atoms with Gasteiger partial charge in [-0.15, -0.1) is 4.98 Å². The van der Waals surface area contributed by atoms with Crippen molar-refractivity contribution in [2.24, 2.45) is 5.92 Å². The molecule has 0 aromatic carbocycles. The summed E-state index contributed by atoms with van der Waals surface area (Å²) in [7, 11) is 0. The molecule has 0 unspecified atom stereocenters. The summed E-state index contributed by atoms with van der Waals surface area (Å²) in [4.78, 5) is 11.8. The quantitative estimate of drug-likeness (QED) is 0.754. The first-order chi connectivity index (χ1) is 8.11. The Hall–Kier alpha value is -1.10. The summed E-state index contributed by atoms with van der Waals surface area (Å²) in [5, 5.41) is 0.0886. The Labute approximate surface area is 107 Å². The van der Waals surface area contributed by atoms with Gasteiger partial charge in [-0.3, -0.25) is 0 Å². The molecule has 5 nitrogen and oxygen atoms in total. The summed E-state index contributed by atoms with van der Waals surface area (Å²) in [6.45, 7) is 7.36. The minimum atomic E-state index is 0.0886. The fourth-order valence-electron chi connectivity index (χ4n) is 1.02. The van der Waals surface area contributed by atoms with Crippen molar-refractivity contribution in [3.05, 3.63) is 5.28 Å². The summed E-state index contributed by atoms with van der Waals surface area (Å²) < 4.78 is 10.7. The average molecular weight is 260 g/mol. The predicted molar refractivity (Wildman–Crippen MR) is 65.6 cm³/mol. The van der Waals surface area contributed by atoms with Crippen LogP contribution in [0.4, 0.5) is 0 Å². The third-order valence-electron chi connectivity index (χ3n) is 1.93. The molecule has 1 aromatic heterocycles. The molecule has 0 spiro atoms. The molecule has 0 aliphatic carbocycles. The Bertz CT molecular complexity index is 347. The molecular formula is C11H18ClN3O2. The molecule has 0 saturated heterocycles. The largest absolute Gasteiger partial charge is 0.463 e. The van der Waals surface area contributed by atoms with Crippen molar-refractivity contribution < 1.29 is 9.47 Å². The van der Waals surface area contributed by atoms with Crippen molar-refractivity contribution in [1.82, 2.24) is 15.0 Å². The fourth-order valence-corrected chi connectivity index (χ4v) is 1.17. The van der Waals surface area contributed by atoms with E-state index in [1.54, 1.807) is 0 Å². The van der Waals surface area contributed by atoms with Gasteiger partial charge in [0.05, 0.1) is 13.2 Å². The highest BCUT2D eigenvalue weighted by atomic mass is 35.5. The van der Waals surface area contributed by atoms with Crippen LogP contribution in [-0.2, 0) is 0 Å². The van der Waals surface area contributed by atoms with Crippen LogP contribution in [0.1, 0.15) is 33.6 Å². The lowest BCUT2D eigenvalue weighted by Crippen LogP contribution is -2.07. The van der Waals surface area contributed by atoms with Crippen molar-refractivity contribution in [3.63, 3.8) is 0 Å². The van der Waals surface area contributed by atoms with Crippen molar-refractivity contribution in [2.75, 3.05) is 13.2 Å². The Balaban J connectivity index is 2.55. The van der Waals surface area contributed by atoms with E-state index in [2.05, 4.69) is 28.8 Å². The topological polar surface area (TPSA) is 57.1 Å². The van der Waals surface area contributed by atoms with E-state index in [-0.39, 0.29) is 17.3 Å². The van der Waals surface area contributed by atoms with Crippen LogP contribution in [0.5, 0.6) is 12.0 Å². The molecule has 0 bridgehead atoms. The molecule has 0 radical (unpaired) electrons. The van der Waals surface area contributed by atoms with Crippen molar-refractivity contribution in [2.45, 2.75) is 33.6 Å². The Kier molecular flexibility index (Phi) is 5.97. The molecule has 0 saturated carbocycles.